The van der Waals surface area contributed by atoms with Gasteiger partial charge in [0.15, 0.2) is 17.4 Å². The maximum absolute atomic E-state index is 12.6. The van der Waals surface area contributed by atoms with Gasteiger partial charge >= 0.3 is 6.03 Å². The largest absolute Gasteiger partial charge is 0.336 e. The smallest absolute Gasteiger partial charge is 0.325 e. The first-order chi connectivity index (χ1) is 15.6. The van der Waals surface area contributed by atoms with Crippen LogP contribution >= 0.6 is 11.8 Å². The van der Waals surface area contributed by atoms with Crippen molar-refractivity contribution < 1.29 is 9.59 Å². The quantitative estimate of drug-likeness (QED) is 0.261. The summed E-state index contributed by atoms with van der Waals surface area (Å²) in [4.78, 5) is 33.3. The topological polar surface area (TPSA) is 65.0 Å². The van der Waals surface area contributed by atoms with Crippen LogP contribution in [0, 0.1) is 0 Å². The molecule has 2 atom stereocenters. The summed E-state index contributed by atoms with van der Waals surface area (Å²) in [7, 11) is 1.74. The summed E-state index contributed by atoms with van der Waals surface area (Å²) in [5.74, 6) is 0.822. The molecule has 7 heteroatoms. The molecule has 3 amide bonds. The molecular weight excluding hydrogens is 420 g/mol. The minimum atomic E-state index is -0.387. The molecule has 6 nitrogen and oxygen atoms in total. The molecule has 0 radical (unpaired) electrons. The zero-order chi connectivity index (χ0) is 23.2. The number of hydrogen-bond donors (Lipinski definition) is 1. The number of aliphatic imine (C=N–C) groups is 1. The maximum Gasteiger partial charge on any atom is 0.325 e. The first-order valence-corrected chi connectivity index (χ1v) is 14.1. The second-order valence-electron chi connectivity index (χ2n) is 9.31. The van der Waals surface area contributed by atoms with Crippen LogP contribution in [0.2, 0.25) is 0 Å². The molecule has 32 heavy (non-hydrogen) atoms. The van der Waals surface area contributed by atoms with Crippen LogP contribution in [0.3, 0.4) is 0 Å². The van der Waals surface area contributed by atoms with Gasteiger partial charge in [0.25, 0.3) is 5.91 Å². The van der Waals surface area contributed by atoms with Crippen molar-refractivity contribution in [1.29, 1.82) is 0 Å². The Labute approximate surface area is 200 Å². The number of carbonyl (C=O) groups is 2. The molecule has 0 spiro atoms. The molecule has 0 aliphatic carbocycles. The summed E-state index contributed by atoms with van der Waals surface area (Å²) in [6.45, 7) is 5.34. The van der Waals surface area contributed by atoms with E-state index in [0.29, 0.717) is 0 Å². The third-order valence-electron chi connectivity index (χ3n) is 6.55. The van der Waals surface area contributed by atoms with Crippen molar-refractivity contribution in [3.05, 3.63) is 0 Å². The van der Waals surface area contributed by atoms with Crippen molar-refractivity contribution in [2.75, 3.05) is 19.3 Å². The van der Waals surface area contributed by atoms with Crippen LogP contribution in [0.5, 0.6) is 0 Å². The van der Waals surface area contributed by atoms with Gasteiger partial charge in [0.1, 0.15) is 0 Å². The summed E-state index contributed by atoms with van der Waals surface area (Å²) in [6.07, 6.45) is 18.8. The molecular formula is C25H46N4O2S. The molecule has 2 rings (SSSR count). The van der Waals surface area contributed by atoms with Gasteiger partial charge in [-0.25, -0.2) is 9.79 Å². The van der Waals surface area contributed by atoms with E-state index >= 15 is 0 Å². The molecule has 0 saturated carbocycles. The minimum absolute atomic E-state index is 0.201. The summed E-state index contributed by atoms with van der Waals surface area (Å²) >= 11 is 1.76. The highest BCUT2D eigenvalue weighted by molar-refractivity contribution is 8.13. The van der Waals surface area contributed by atoms with E-state index in [-0.39, 0.29) is 24.1 Å². The Balaban J connectivity index is 1.77. The van der Waals surface area contributed by atoms with E-state index < -0.39 is 0 Å². The van der Waals surface area contributed by atoms with Crippen molar-refractivity contribution in [2.45, 2.75) is 122 Å². The SMILES string of the molecule is CCCCCCCCCCCCN1C(SCCCCCCC)=NC2C1C(=O)NC(=O)N2C. The molecule has 0 aromatic carbocycles. The molecule has 1 N–H and O–H groups in total. The predicted octanol–water partition coefficient (Wildman–Crippen LogP) is 6.16. The molecule has 2 unspecified atom stereocenters. The Kier molecular flexibility index (Phi) is 13.1. The van der Waals surface area contributed by atoms with Crippen molar-refractivity contribution in [3.63, 3.8) is 0 Å². The number of carbonyl (C=O) groups excluding carboxylic acids is 2. The van der Waals surface area contributed by atoms with Gasteiger partial charge in [0.2, 0.25) is 0 Å². The van der Waals surface area contributed by atoms with E-state index in [1.54, 1.807) is 23.7 Å². The van der Waals surface area contributed by atoms with Gasteiger partial charge in [0, 0.05) is 19.3 Å². The highest BCUT2D eigenvalue weighted by Crippen LogP contribution is 2.29. The number of fused-ring (bicyclic) bond motifs is 1. The predicted molar refractivity (Wildman–Crippen MR) is 136 cm³/mol. The first kappa shape index (κ1) is 27.0. The van der Waals surface area contributed by atoms with Crippen LogP contribution in [0.15, 0.2) is 4.99 Å². The molecule has 0 aromatic heterocycles. The zero-order valence-electron chi connectivity index (χ0n) is 20.7. The Hall–Kier alpha value is -1.24. The van der Waals surface area contributed by atoms with Gasteiger partial charge < -0.3 is 9.80 Å². The van der Waals surface area contributed by atoms with Crippen molar-refractivity contribution in [3.8, 4) is 0 Å². The number of amidine groups is 1. The number of thioether (sulfide) groups is 1. The number of hydrogen-bond acceptors (Lipinski definition) is 5. The molecule has 2 aliphatic rings. The van der Waals surface area contributed by atoms with Crippen molar-refractivity contribution >= 4 is 28.9 Å². The van der Waals surface area contributed by atoms with Crippen LogP contribution in [0.4, 0.5) is 4.79 Å². The monoisotopic (exact) mass is 466 g/mol. The average molecular weight is 467 g/mol. The zero-order valence-corrected chi connectivity index (χ0v) is 21.6. The van der Waals surface area contributed by atoms with Crippen molar-refractivity contribution in [1.82, 2.24) is 15.1 Å². The summed E-state index contributed by atoms with van der Waals surface area (Å²) in [5.41, 5.74) is 0. The lowest BCUT2D eigenvalue weighted by Crippen LogP contribution is -2.63. The Morgan fingerprint density at radius 3 is 1.94 bits per heavy atom. The fourth-order valence-corrected chi connectivity index (χ4v) is 5.58. The molecule has 1 fully saturated rings. The summed E-state index contributed by atoms with van der Waals surface area (Å²) in [6, 6.07) is -0.719. The third kappa shape index (κ3) is 8.60. The van der Waals surface area contributed by atoms with E-state index in [1.807, 2.05) is 0 Å². The normalized spacial score (nSPS) is 20.5. The molecule has 2 aliphatic heterocycles. The number of rotatable bonds is 17. The van der Waals surface area contributed by atoms with Crippen LogP contribution in [0.25, 0.3) is 0 Å². The van der Waals surface area contributed by atoms with E-state index in [9.17, 15) is 9.59 Å². The van der Waals surface area contributed by atoms with Crippen LogP contribution < -0.4 is 5.32 Å². The lowest BCUT2D eigenvalue weighted by molar-refractivity contribution is -0.127. The number of unbranched alkanes of at least 4 members (excludes halogenated alkanes) is 13. The summed E-state index contributed by atoms with van der Waals surface area (Å²) < 4.78 is 0. The standard InChI is InChI=1S/C25H46N4O2S/c1-4-6-8-10-11-12-13-14-15-17-19-29-21-22(28(3)24(31)27-23(21)30)26-25(29)32-20-18-16-9-7-5-2/h21-22H,4-20H2,1-3H3,(H,27,30,31). The van der Waals surface area contributed by atoms with E-state index in [0.717, 1.165) is 23.9 Å². The minimum Gasteiger partial charge on any atom is -0.336 e. The Bertz CT molecular complexity index is 598. The van der Waals surface area contributed by atoms with Crippen molar-refractivity contribution in [2.24, 2.45) is 4.99 Å². The Morgan fingerprint density at radius 2 is 1.34 bits per heavy atom. The van der Waals surface area contributed by atoms with Gasteiger partial charge in [-0.3, -0.25) is 10.1 Å². The fourth-order valence-electron chi connectivity index (χ4n) is 4.49. The number of likely N-dealkylation sites (N-methyl/N-ethyl adjacent to an activating group) is 1. The Morgan fingerprint density at radius 1 is 0.812 bits per heavy atom. The lowest BCUT2D eigenvalue weighted by atomic mass is 10.1. The van der Waals surface area contributed by atoms with Gasteiger partial charge in [-0.2, -0.15) is 0 Å². The molecule has 1 saturated heterocycles. The van der Waals surface area contributed by atoms with Crippen LogP contribution in [0.1, 0.15) is 110 Å². The van der Waals surface area contributed by atoms with E-state index in [2.05, 4.69) is 24.1 Å². The van der Waals surface area contributed by atoms with Gasteiger partial charge in [-0.15, -0.1) is 0 Å². The van der Waals surface area contributed by atoms with Gasteiger partial charge in [0.05, 0.1) is 0 Å². The summed E-state index contributed by atoms with van der Waals surface area (Å²) in [5, 5.41) is 3.45. The lowest BCUT2D eigenvalue weighted by Gasteiger charge is -2.36. The highest BCUT2D eigenvalue weighted by atomic mass is 32.2. The second-order valence-corrected chi connectivity index (χ2v) is 10.4. The number of nitrogens with one attached hydrogen (secondary N) is 1. The maximum atomic E-state index is 12.6. The molecule has 0 bridgehead atoms. The molecule has 0 aromatic rings. The fraction of sp³-hybridized carbons (Fsp3) is 0.880. The molecule has 2 heterocycles. The molecule has 184 valence electrons. The highest BCUT2D eigenvalue weighted by Gasteiger charge is 2.48. The van der Waals surface area contributed by atoms with E-state index in [4.69, 9.17) is 4.99 Å². The van der Waals surface area contributed by atoms with Crippen LogP contribution in [-0.4, -0.2) is 58.5 Å². The third-order valence-corrected chi connectivity index (χ3v) is 7.65. The number of imide groups is 1. The first-order valence-electron chi connectivity index (χ1n) is 13.1. The van der Waals surface area contributed by atoms with Crippen LogP contribution in [-0.2, 0) is 4.79 Å². The number of amides is 3. The number of urea groups is 1. The average Bonchev–Trinajstić information content (AvgIpc) is 3.15. The van der Waals surface area contributed by atoms with Gasteiger partial charge in [-0.05, 0) is 12.8 Å². The second kappa shape index (κ2) is 15.6. The van der Waals surface area contributed by atoms with E-state index in [1.165, 1.54) is 89.9 Å². The number of nitrogens with zero attached hydrogens (tertiary/aromatic N) is 3. The van der Waals surface area contributed by atoms with Gasteiger partial charge in [-0.1, -0.05) is 109 Å².